The van der Waals surface area contributed by atoms with Gasteiger partial charge in [0.1, 0.15) is 5.76 Å². The van der Waals surface area contributed by atoms with Gasteiger partial charge in [-0.1, -0.05) is 18.7 Å². The van der Waals surface area contributed by atoms with Crippen molar-refractivity contribution in [3.05, 3.63) is 45.0 Å². The van der Waals surface area contributed by atoms with Crippen LogP contribution in [0, 0.1) is 0 Å². The molecule has 3 N–H and O–H groups in total. The second kappa shape index (κ2) is 6.93. The number of carbonyl (C=O) groups is 1. The first-order chi connectivity index (χ1) is 10.1. The van der Waals surface area contributed by atoms with Crippen molar-refractivity contribution in [1.29, 1.82) is 0 Å². The highest BCUT2D eigenvalue weighted by Gasteiger charge is 2.20. The molecule has 0 bridgehead atoms. The molecule has 0 aliphatic heterocycles. The fourth-order valence-corrected chi connectivity index (χ4v) is 2.46. The third kappa shape index (κ3) is 4.09. The summed E-state index contributed by atoms with van der Waals surface area (Å²) in [6.45, 7) is 2.10. The lowest BCUT2D eigenvalue weighted by Gasteiger charge is -2.12. The zero-order chi connectivity index (χ0) is 15.2. The van der Waals surface area contributed by atoms with Gasteiger partial charge in [-0.15, -0.1) is 0 Å². The monoisotopic (exact) mass is 310 g/mol. The lowest BCUT2D eigenvalue weighted by molar-refractivity contribution is -0.120. The summed E-state index contributed by atoms with van der Waals surface area (Å²) in [5.41, 5.74) is -1.29. The van der Waals surface area contributed by atoms with E-state index in [1.54, 1.807) is 12.1 Å². The zero-order valence-electron chi connectivity index (χ0n) is 11.2. The molecular weight excluding hydrogens is 296 g/mol. The average molecular weight is 310 g/mol. The summed E-state index contributed by atoms with van der Waals surface area (Å²) in [4.78, 5) is 36.6. The van der Waals surface area contributed by atoms with Crippen molar-refractivity contribution in [2.24, 2.45) is 0 Å². The smallest absolute Gasteiger partial charge is 0.342 e. The van der Waals surface area contributed by atoms with E-state index in [2.05, 4.69) is 20.5 Å². The van der Waals surface area contributed by atoms with Gasteiger partial charge in [0.15, 0.2) is 5.03 Å². The Bertz CT molecular complexity index is 707. The van der Waals surface area contributed by atoms with Crippen LogP contribution in [0.1, 0.15) is 19.1 Å². The quantitative estimate of drug-likeness (QED) is 0.657. The number of carbonyl (C=O) groups excluding carboxylic acids is 1. The van der Waals surface area contributed by atoms with Crippen molar-refractivity contribution < 1.29 is 9.21 Å². The average Bonchev–Trinajstić information content (AvgIpc) is 2.97. The van der Waals surface area contributed by atoms with Crippen LogP contribution < -0.4 is 16.6 Å². The van der Waals surface area contributed by atoms with Crippen LogP contribution in [0.2, 0.25) is 0 Å². The molecule has 0 spiro atoms. The van der Waals surface area contributed by atoms with E-state index in [0.29, 0.717) is 12.2 Å². The topological polar surface area (TPSA) is 121 Å². The van der Waals surface area contributed by atoms with Crippen LogP contribution in [0.4, 0.5) is 0 Å². The molecule has 0 aliphatic carbocycles. The van der Waals surface area contributed by atoms with Gasteiger partial charge in [-0.25, -0.2) is 9.89 Å². The fourth-order valence-electron chi connectivity index (χ4n) is 1.57. The van der Waals surface area contributed by atoms with Crippen molar-refractivity contribution >= 4 is 17.7 Å². The highest BCUT2D eigenvalue weighted by molar-refractivity contribution is 8.00. The molecule has 2 rings (SSSR count). The lowest BCUT2D eigenvalue weighted by Crippen LogP contribution is -2.33. The Morgan fingerprint density at radius 2 is 2.33 bits per heavy atom. The third-order valence-corrected chi connectivity index (χ3v) is 3.95. The van der Waals surface area contributed by atoms with Crippen molar-refractivity contribution in [2.45, 2.75) is 30.2 Å². The van der Waals surface area contributed by atoms with Gasteiger partial charge in [-0.3, -0.25) is 14.6 Å². The number of thioether (sulfide) groups is 1. The molecule has 1 amide bonds. The van der Waals surface area contributed by atoms with Crippen molar-refractivity contribution in [2.75, 3.05) is 0 Å². The normalized spacial score (nSPS) is 12.0. The molecule has 2 aromatic heterocycles. The Hall–Kier alpha value is -2.29. The highest BCUT2D eigenvalue weighted by atomic mass is 32.2. The van der Waals surface area contributed by atoms with Gasteiger partial charge in [0.05, 0.1) is 18.1 Å². The van der Waals surface area contributed by atoms with Gasteiger partial charge < -0.3 is 9.73 Å². The van der Waals surface area contributed by atoms with E-state index in [1.807, 2.05) is 6.92 Å². The fraction of sp³-hybridized carbons (Fsp3) is 0.333. The van der Waals surface area contributed by atoms with E-state index in [9.17, 15) is 14.4 Å². The van der Waals surface area contributed by atoms with E-state index in [1.165, 1.54) is 6.26 Å². The summed E-state index contributed by atoms with van der Waals surface area (Å²) >= 11 is 1.00. The van der Waals surface area contributed by atoms with E-state index in [-0.39, 0.29) is 17.5 Å². The van der Waals surface area contributed by atoms with Gasteiger partial charge in [-0.2, -0.15) is 5.10 Å². The Labute approximate surface area is 123 Å². The number of hydrogen-bond donors (Lipinski definition) is 3. The Morgan fingerprint density at radius 1 is 1.52 bits per heavy atom. The maximum atomic E-state index is 12.1. The third-order valence-electron chi connectivity index (χ3n) is 2.61. The largest absolute Gasteiger partial charge is 0.467 e. The van der Waals surface area contributed by atoms with Gasteiger partial charge >= 0.3 is 5.69 Å². The molecular formula is C12H14N4O4S. The van der Waals surface area contributed by atoms with E-state index in [0.717, 1.165) is 11.8 Å². The summed E-state index contributed by atoms with van der Waals surface area (Å²) in [6, 6.07) is 3.49. The van der Waals surface area contributed by atoms with Crippen LogP contribution in [0.15, 0.2) is 37.4 Å². The molecule has 8 nitrogen and oxygen atoms in total. The molecule has 0 radical (unpaired) electrons. The molecule has 2 heterocycles. The molecule has 9 heteroatoms. The number of nitrogens with zero attached hydrogens (tertiary/aromatic N) is 1. The number of nitrogens with one attached hydrogen (secondary N) is 3. The van der Waals surface area contributed by atoms with Gasteiger partial charge in [0.2, 0.25) is 5.91 Å². The summed E-state index contributed by atoms with van der Waals surface area (Å²) in [7, 11) is 0. The molecule has 0 unspecified atom stereocenters. The maximum absolute atomic E-state index is 12.1. The van der Waals surface area contributed by atoms with E-state index >= 15 is 0 Å². The van der Waals surface area contributed by atoms with Crippen molar-refractivity contribution in [1.82, 2.24) is 20.5 Å². The highest BCUT2D eigenvalue weighted by Crippen LogP contribution is 2.20. The van der Waals surface area contributed by atoms with Crippen LogP contribution in [0.25, 0.3) is 0 Å². The van der Waals surface area contributed by atoms with Crippen LogP contribution in [0.3, 0.4) is 0 Å². The molecule has 0 aromatic carbocycles. The SMILES string of the molecule is CC[C@@H](Sc1n[nH]c(=O)[nH]c1=O)C(=O)NCc1ccco1. The van der Waals surface area contributed by atoms with Crippen LogP contribution >= 0.6 is 11.8 Å². The molecule has 0 saturated carbocycles. The number of furan rings is 1. The molecule has 0 aliphatic rings. The first kappa shape index (κ1) is 15.1. The summed E-state index contributed by atoms with van der Waals surface area (Å²) in [5.74, 6) is 0.412. The van der Waals surface area contributed by atoms with E-state index < -0.39 is 16.5 Å². The molecule has 0 fully saturated rings. The molecule has 2 aromatic rings. The predicted molar refractivity (Wildman–Crippen MR) is 76.0 cm³/mol. The van der Waals surface area contributed by atoms with Gasteiger partial charge in [0, 0.05) is 0 Å². The minimum atomic E-state index is -0.681. The second-order valence-corrected chi connectivity index (χ2v) is 5.32. The van der Waals surface area contributed by atoms with Gasteiger partial charge in [-0.05, 0) is 18.6 Å². The molecule has 21 heavy (non-hydrogen) atoms. The Kier molecular flexibility index (Phi) is 4.99. The minimum absolute atomic E-state index is 0.0506. The number of H-pyrrole nitrogens is 2. The number of aromatic amines is 2. The van der Waals surface area contributed by atoms with Crippen molar-refractivity contribution in [3.63, 3.8) is 0 Å². The maximum Gasteiger partial charge on any atom is 0.342 e. The Balaban J connectivity index is 2.00. The molecule has 112 valence electrons. The number of aromatic nitrogens is 3. The number of amides is 1. The second-order valence-electron chi connectivity index (χ2n) is 4.12. The standard InChI is InChI=1S/C12H14N4O4S/c1-2-8(9(17)13-6-7-4-3-5-20-7)21-11-10(18)14-12(19)16-15-11/h3-5,8H,2,6H2,1H3,(H,13,17)(H2,14,16,18,19)/t8-/m1/s1. The summed E-state index contributed by atoms with van der Waals surface area (Å²) in [5, 5.41) is 8.06. The number of hydrogen-bond acceptors (Lipinski definition) is 6. The molecule has 1 atom stereocenters. The van der Waals surface area contributed by atoms with Crippen LogP contribution in [0.5, 0.6) is 0 Å². The molecule has 0 saturated heterocycles. The first-order valence-electron chi connectivity index (χ1n) is 6.26. The lowest BCUT2D eigenvalue weighted by atomic mass is 10.3. The Morgan fingerprint density at radius 3 is 2.95 bits per heavy atom. The van der Waals surface area contributed by atoms with Crippen LogP contribution in [-0.4, -0.2) is 26.3 Å². The number of rotatable bonds is 6. The predicted octanol–water partition coefficient (Wildman–Crippen LogP) is 0.238. The first-order valence-corrected chi connectivity index (χ1v) is 7.14. The zero-order valence-corrected chi connectivity index (χ0v) is 12.0. The van der Waals surface area contributed by atoms with Crippen LogP contribution in [-0.2, 0) is 11.3 Å². The van der Waals surface area contributed by atoms with Crippen molar-refractivity contribution in [3.8, 4) is 0 Å². The summed E-state index contributed by atoms with van der Waals surface area (Å²) < 4.78 is 5.12. The van der Waals surface area contributed by atoms with E-state index in [4.69, 9.17) is 4.42 Å². The van der Waals surface area contributed by atoms with Gasteiger partial charge in [0.25, 0.3) is 5.56 Å². The minimum Gasteiger partial charge on any atom is -0.467 e. The summed E-state index contributed by atoms with van der Waals surface area (Å²) in [6.07, 6.45) is 2.03.